The molecule has 2 fully saturated rings. The molecule has 2 bridgehead atoms. The molecular weight excluding hydrogens is 410 g/mol. The van der Waals surface area contributed by atoms with Gasteiger partial charge in [-0.2, -0.15) is 13.5 Å². The highest BCUT2D eigenvalue weighted by atomic mass is 32.2. The largest absolute Gasteiger partial charge is 0.497 e. The Morgan fingerprint density at radius 3 is 2.90 bits per heavy atom. The summed E-state index contributed by atoms with van der Waals surface area (Å²) in [5.74, 6) is 0.854. The van der Waals surface area contributed by atoms with Gasteiger partial charge in [0.1, 0.15) is 5.75 Å². The van der Waals surface area contributed by atoms with Gasteiger partial charge in [-0.3, -0.25) is 9.98 Å². The van der Waals surface area contributed by atoms with Crippen LogP contribution in [0.1, 0.15) is 33.1 Å². The van der Waals surface area contributed by atoms with Crippen LogP contribution in [0.4, 0.5) is 5.13 Å². The number of thiazole rings is 1. The average molecular weight is 436 g/mol. The maximum Gasteiger partial charge on any atom is 0.265 e. The normalized spacial score (nSPS) is 26.8. The number of benzene rings is 1. The van der Waals surface area contributed by atoms with Crippen molar-refractivity contribution in [2.24, 2.45) is 21.8 Å². The third-order valence-electron chi connectivity index (χ3n) is 6.75. The van der Waals surface area contributed by atoms with Crippen LogP contribution in [0.3, 0.4) is 0 Å². The van der Waals surface area contributed by atoms with Crippen LogP contribution in [0.2, 0.25) is 0 Å². The molecule has 9 heteroatoms. The van der Waals surface area contributed by atoms with Gasteiger partial charge >= 0.3 is 0 Å². The Morgan fingerprint density at radius 1 is 1.41 bits per heavy atom. The van der Waals surface area contributed by atoms with Crippen LogP contribution < -0.4 is 10.2 Å². The van der Waals surface area contributed by atoms with Gasteiger partial charge in [-0.1, -0.05) is 26.0 Å². The van der Waals surface area contributed by atoms with Gasteiger partial charge in [0.2, 0.25) is 5.13 Å². The first kappa shape index (κ1) is 20.3. The maximum atomic E-state index is 11.7. The molecule has 1 heterocycles. The van der Waals surface area contributed by atoms with E-state index < -0.39 is 15.5 Å². The fourth-order valence-electron chi connectivity index (χ4n) is 4.96. The van der Waals surface area contributed by atoms with Crippen LogP contribution >= 0.6 is 11.3 Å². The summed E-state index contributed by atoms with van der Waals surface area (Å²) in [7, 11) is -2.48. The zero-order valence-electron chi connectivity index (χ0n) is 16.7. The smallest absolute Gasteiger partial charge is 0.265 e. The molecule has 2 aliphatic carbocycles. The lowest BCUT2D eigenvalue weighted by Crippen LogP contribution is -2.42. The number of methoxy groups -OCH3 is 1. The first-order chi connectivity index (χ1) is 13.6. The number of hydrogen-bond donors (Lipinski definition) is 2. The Bertz CT molecular complexity index is 1060. The van der Waals surface area contributed by atoms with Gasteiger partial charge in [-0.25, -0.2) is 4.98 Å². The van der Waals surface area contributed by atoms with Crippen molar-refractivity contribution in [3.63, 3.8) is 0 Å². The third kappa shape index (κ3) is 3.55. The number of hydrogen-bond acceptors (Lipinski definition) is 7. The van der Waals surface area contributed by atoms with E-state index in [1.165, 1.54) is 11.3 Å². The second-order valence-corrected chi connectivity index (χ2v) is 10.7. The quantitative estimate of drug-likeness (QED) is 0.518. The molecule has 156 valence electrons. The number of rotatable bonds is 6. The molecular formula is C20H25N3O4S2. The van der Waals surface area contributed by atoms with Crippen LogP contribution in [0, 0.1) is 16.7 Å². The monoisotopic (exact) mass is 435 g/mol. The van der Waals surface area contributed by atoms with Gasteiger partial charge in [0.25, 0.3) is 10.1 Å². The zero-order chi connectivity index (χ0) is 20.9. The number of nitrogens with zero attached hydrogens (tertiary/aromatic N) is 2. The molecule has 0 radical (unpaired) electrons. The number of nitrogens with one attached hydrogen (secondary N) is 1. The number of anilines is 1. The third-order valence-corrected chi connectivity index (χ3v) is 8.36. The Morgan fingerprint density at radius 2 is 2.21 bits per heavy atom. The molecule has 2 atom stereocenters. The molecule has 0 aliphatic heterocycles. The van der Waals surface area contributed by atoms with Crippen molar-refractivity contribution in [2.75, 3.05) is 18.3 Å². The van der Waals surface area contributed by atoms with Crippen LogP contribution in [0.5, 0.6) is 5.75 Å². The molecule has 2 aromatic rings. The van der Waals surface area contributed by atoms with E-state index in [4.69, 9.17) is 4.74 Å². The Labute approximate surface area is 175 Å². The van der Waals surface area contributed by atoms with E-state index in [2.05, 4.69) is 29.4 Å². The van der Waals surface area contributed by atoms with Gasteiger partial charge in [0, 0.05) is 22.1 Å². The van der Waals surface area contributed by atoms with Gasteiger partial charge in [0.05, 0.1) is 18.6 Å². The summed E-state index contributed by atoms with van der Waals surface area (Å²) < 4.78 is 38.3. The molecule has 29 heavy (non-hydrogen) atoms. The van der Waals surface area contributed by atoms with Crippen LogP contribution in [0.15, 0.2) is 34.7 Å². The summed E-state index contributed by atoms with van der Waals surface area (Å²) in [6, 6.07) is 7.68. The van der Waals surface area contributed by atoms with Crippen molar-refractivity contribution in [2.45, 2.75) is 33.1 Å². The van der Waals surface area contributed by atoms with E-state index in [9.17, 15) is 13.0 Å². The molecule has 4 rings (SSSR count). The lowest BCUT2D eigenvalue weighted by molar-refractivity contribution is 0.193. The standard InChI is InChI=1S/C20H25N3O4S2/c1-19(2)14-7-8-20(19,12-29(24,25)26)17(10-14)22-23-18-21-16(11-28-18)13-5-4-6-15(9-13)27-3/h4-6,9,11,14H,7-8,10,12H2,1-3H3,(H,21,23)(H,24,25,26). The minimum absolute atomic E-state index is 0.224. The highest BCUT2D eigenvalue weighted by Gasteiger charge is 2.64. The van der Waals surface area contributed by atoms with E-state index >= 15 is 0 Å². The minimum atomic E-state index is -4.11. The van der Waals surface area contributed by atoms with Crippen LogP contribution in [-0.4, -0.2) is 36.5 Å². The second kappa shape index (κ2) is 7.07. The Hall–Kier alpha value is -1.97. The first-order valence-electron chi connectivity index (χ1n) is 9.53. The van der Waals surface area contributed by atoms with Crippen LogP contribution in [-0.2, 0) is 10.1 Å². The zero-order valence-corrected chi connectivity index (χ0v) is 18.3. The van der Waals surface area contributed by atoms with E-state index in [1.807, 2.05) is 29.6 Å². The first-order valence-corrected chi connectivity index (χ1v) is 12.0. The fraction of sp³-hybridized carbons (Fsp3) is 0.500. The summed E-state index contributed by atoms with van der Waals surface area (Å²) in [6.45, 7) is 4.17. The lowest BCUT2D eigenvalue weighted by atomic mass is 9.70. The predicted octanol–water partition coefficient (Wildman–Crippen LogP) is 4.30. The molecule has 1 aromatic heterocycles. The van der Waals surface area contributed by atoms with Crippen molar-refractivity contribution >= 4 is 32.3 Å². The topological polar surface area (TPSA) is 101 Å². The molecule has 2 unspecified atom stereocenters. The lowest BCUT2D eigenvalue weighted by Gasteiger charge is -2.37. The van der Waals surface area contributed by atoms with Crippen molar-refractivity contribution in [3.05, 3.63) is 29.6 Å². The van der Waals surface area contributed by atoms with Crippen molar-refractivity contribution < 1.29 is 17.7 Å². The minimum Gasteiger partial charge on any atom is -0.497 e. The van der Waals surface area contributed by atoms with Crippen LogP contribution in [0.25, 0.3) is 11.3 Å². The number of aromatic nitrogens is 1. The molecule has 2 N–H and O–H groups in total. The molecule has 0 saturated heterocycles. The molecule has 0 spiro atoms. The second-order valence-electron chi connectivity index (χ2n) is 8.41. The Balaban J connectivity index is 1.58. The van der Waals surface area contributed by atoms with E-state index in [1.54, 1.807) is 7.11 Å². The predicted molar refractivity (Wildman–Crippen MR) is 115 cm³/mol. The molecule has 0 amide bonds. The summed E-state index contributed by atoms with van der Waals surface area (Å²) in [4.78, 5) is 4.59. The summed E-state index contributed by atoms with van der Waals surface area (Å²) >= 11 is 1.44. The maximum absolute atomic E-state index is 11.7. The molecule has 7 nitrogen and oxygen atoms in total. The highest BCUT2D eigenvalue weighted by Crippen LogP contribution is 2.64. The summed E-state index contributed by atoms with van der Waals surface area (Å²) in [5.41, 5.74) is 4.75. The molecule has 2 saturated carbocycles. The summed E-state index contributed by atoms with van der Waals surface area (Å²) in [6.07, 6.45) is 2.42. The van der Waals surface area contributed by atoms with Gasteiger partial charge in [0.15, 0.2) is 0 Å². The molecule has 2 aliphatic rings. The number of fused-ring (bicyclic) bond motifs is 2. The van der Waals surface area contributed by atoms with E-state index in [0.717, 1.165) is 42.0 Å². The van der Waals surface area contributed by atoms with Crippen molar-refractivity contribution in [1.29, 1.82) is 0 Å². The van der Waals surface area contributed by atoms with Gasteiger partial charge < -0.3 is 4.74 Å². The van der Waals surface area contributed by atoms with Crippen molar-refractivity contribution in [3.8, 4) is 17.0 Å². The SMILES string of the molecule is COc1cccc(-c2csc(NN=C3CC4CCC3(CS(=O)(=O)O)C4(C)C)n2)c1. The number of hydrazone groups is 1. The average Bonchev–Trinajstić information content (AvgIpc) is 3.28. The molecule has 1 aromatic carbocycles. The van der Waals surface area contributed by atoms with E-state index in [-0.39, 0.29) is 11.2 Å². The Kier molecular flexibility index (Phi) is 4.95. The summed E-state index contributed by atoms with van der Waals surface area (Å²) in [5, 5.41) is 7.16. The van der Waals surface area contributed by atoms with Crippen molar-refractivity contribution in [1.82, 2.24) is 4.98 Å². The highest BCUT2D eigenvalue weighted by molar-refractivity contribution is 7.85. The van der Waals surface area contributed by atoms with Gasteiger partial charge in [-0.15, -0.1) is 11.3 Å². The number of ether oxygens (including phenoxy) is 1. The van der Waals surface area contributed by atoms with Gasteiger partial charge in [-0.05, 0) is 42.7 Å². The van der Waals surface area contributed by atoms with E-state index in [0.29, 0.717) is 11.0 Å². The fourth-order valence-corrected chi connectivity index (χ4v) is 6.92.